The molecular weight excluding hydrogens is 332 g/mol. The summed E-state index contributed by atoms with van der Waals surface area (Å²) in [5.41, 5.74) is 1.58. The van der Waals surface area contributed by atoms with Crippen molar-refractivity contribution in [3.8, 4) is 5.75 Å². The molecule has 4 nitrogen and oxygen atoms in total. The quantitative estimate of drug-likeness (QED) is 0.908. The summed E-state index contributed by atoms with van der Waals surface area (Å²) in [5, 5.41) is 3.21. The molecule has 0 saturated carbocycles. The monoisotopic (exact) mass is 352 g/mol. The van der Waals surface area contributed by atoms with Gasteiger partial charge in [0.25, 0.3) is 5.91 Å². The predicted octanol–water partition coefficient (Wildman–Crippen LogP) is 2.59. The van der Waals surface area contributed by atoms with Gasteiger partial charge in [0.1, 0.15) is 5.75 Å². The highest BCUT2D eigenvalue weighted by molar-refractivity contribution is 9.10. The summed E-state index contributed by atoms with van der Waals surface area (Å²) in [6.45, 7) is 5.28. The molecule has 21 heavy (non-hydrogen) atoms. The Bertz CT molecular complexity index is 553. The van der Waals surface area contributed by atoms with E-state index in [-0.39, 0.29) is 11.9 Å². The Morgan fingerprint density at radius 2 is 2.10 bits per heavy atom. The van der Waals surface area contributed by atoms with Crippen LogP contribution in [0.2, 0.25) is 0 Å². The summed E-state index contributed by atoms with van der Waals surface area (Å²) in [7, 11) is 1.61. The first kappa shape index (κ1) is 14.9. The van der Waals surface area contributed by atoms with Crippen molar-refractivity contribution in [2.24, 2.45) is 5.92 Å². The zero-order valence-corrected chi connectivity index (χ0v) is 14.1. The van der Waals surface area contributed by atoms with E-state index in [4.69, 9.17) is 4.74 Å². The predicted molar refractivity (Wildman–Crippen MR) is 85.8 cm³/mol. The van der Waals surface area contributed by atoms with Crippen LogP contribution in [0.4, 0.5) is 0 Å². The van der Waals surface area contributed by atoms with Crippen LogP contribution < -0.4 is 10.1 Å². The molecule has 3 aliphatic heterocycles. The van der Waals surface area contributed by atoms with Gasteiger partial charge >= 0.3 is 0 Å². The molecule has 3 fully saturated rings. The number of carbonyl (C=O) groups excluding carboxylic acids is 1. The molecule has 1 unspecified atom stereocenters. The second-order valence-corrected chi connectivity index (χ2v) is 6.94. The van der Waals surface area contributed by atoms with Gasteiger partial charge in [-0.05, 0) is 56.5 Å². The van der Waals surface area contributed by atoms with E-state index in [9.17, 15) is 4.79 Å². The molecule has 5 heteroatoms. The summed E-state index contributed by atoms with van der Waals surface area (Å²) in [6, 6.07) is 4.07. The Balaban J connectivity index is 1.79. The highest BCUT2D eigenvalue weighted by Crippen LogP contribution is 2.30. The number of hydrogen-bond donors (Lipinski definition) is 1. The van der Waals surface area contributed by atoms with Crippen molar-refractivity contribution >= 4 is 21.8 Å². The van der Waals surface area contributed by atoms with Crippen LogP contribution in [0.25, 0.3) is 0 Å². The number of aryl methyl sites for hydroxylation is 1. The fourth-order valence-corrected chi connectivity index (χ4v) is 4.12. The Kier molecular flexibility index (Phi) is 4.22. The Labute approximate surface area is 134 Å². The van der Waals surface area contributed by atoms with Gasteiger partial charge in [-0.2, -0.15) is 0 Å². The number of methoxy groups -OCH3 is 1. The number of piperidine rings is 3. The van der Waals surface area contributed by atoms with Crippen LogP contribution in [0.5, 0.6) is 5.75 Å². The van der Waals surface area contributed by atoms with Crippen LogP contribution in [-0.4, -0.2) is 43.6 Å². The highest BCUT2D eigenvalue weighted by Gasteiger charge is 2.35. The van der Waals surface area contributed by atoms with Crippen LogP contribution in [0.3, 0.4) is 0 Å². The fourth-order valence-electron chi connectivity index (χ4n) is 3.54. The van der Waals surface area contributed by atoms with Crippen molar-refractivity contribution in [2.45, 2.75) is 25.8 Å². The first-order valence-electron chi connectivity index (χ1n) is 7.46. The smallest absolute Gasteiger partial charge is 0.255 e. The Morgan fingerprint density at radius 1 is 1.38 bits per heavy atom. The number of halogens is 1. The van der Waals surface area contributed by atoms with E-state index in [1.807, 2.05) is 19.1 Å². The lowest BCUT2D eigenvalue weighted by Crippen LogP contribution is -2.57. The molecule has 1 atom stereocenters. The van der Waals surface area contributed by atoms with E-state index in [1.165, 1.54) is 25.9 Å². The third-order valence-corrected chi connectivity index (χ3v) is 5.12. The average Bonchev–Trinajstić information content (AvgIpc) is 2.47. The third-order valence-electron chi connectivity index (χ3n) is 4.66. The molecule has 4 rings (SSSR count). The van der Waals surface area contributed by atoms with Gasteiger partial charge in [0.2, 0.25) is 0 Å². The molecular formula is C16H21BrN2O2. The van der Waals surface area contributed by atoms with Crippen LogP contribution in [-0.2, 0) is 0 Å². The molecule has 1 amide bonds. The van der Waals surface area contributed by atoms with Crippen molar-refractivity contribution in [1.82, 2.24) is 10.2 Å². The van der Waals surface area contributed by atoms with E-state index >= 15 is 0 Å². The lowest BCUT2D eigenvalue weighted by atomic mass is 9.84. The second kappa shape index (κ2) is 5.97. The normalized spacial score (nSPS) is 27.5. The lowest BCUT2D eigenvalue weighted by molar-refractivity contribution is 0.0619. The average molecular weight is 353 g/mol. The molecule has 2 bridgehead atoms. The number of rotatable bonds is 3. The van der Waals surface area contributed by atoms with Crippen LogP contribution in [0, 0.1) is 12.8 Å². The van der Waals surface area contributed by atoms with Crippen molar-refractivity contribution in [3.63, 3.8) is 0 Å². The van der Waals surface area contributed by atoms with E-state index in [1.54, 1.807) is 7.11 Å². The molecule has 0 aromatic heterocycles. The fraction of sp³-hybridized carbons (Fsp3) is 0.562. The number of amides is 1. The maximum Gasteiger partial charge on any atom is 0.255 e. The van der Waals surface area contributed by atoms with Crippen molar-refractivity contribution in [3.05, 3.63) is 27.7 Å². The van der Waals surface area contributed by atoms with Gasteiger partial charge in [0, 0.05) is 17.1 Å². The Morgan fingerprint density at radius 3 is 2.67 bits per heavy atom. The SMILES string of the molecule is COc1c(C)cc(Br)cc1C(=O)NC1CN2CCC1CC2. The van der Waals surface area contributed by atoms with Crippen LogP contribution >= 0.6 is 15.9 Å². The van der Waals surface area contributed by atoms with Gasteiger partial charge in [-0.1, -0.05) is 15.9 Å². The van der Waals surface area contributed by atoms with Gasteiger partial charge in [0.15, 0.2) is 0 Å². The molecule has 3 heterocycles. The summed E-state index contributed by atoms with van der Waals surface area (Å²) in [4.78, 5) is 15.1. The molecule has 0 radical (unpaired) electrons. The number of hydrogen-bond acceptors (Lipinski definition) is 3. The van der Waals surface area contributed by atoms with Gasteiger partial charge < -0.3 is 15.0 Å². The number of carbonyl (C=O) groups is 1. The minimum Gasteiger partial charge on any atom is -0.496 e. The molecule has 3 aliphatic rings. The van der Waals surface area contributed by atoms with Crippen molar-refractivity contribution in [1.29, 1.82) is 0 Å². The first-order valence-corrected chi connectivity index (χ1v) is 8.25. The summed E-state index contributed by atoms with van der Waals surface area (Å²) in [6.07, 6.45) is 2.39. The number of nitrogens with zero attached hydrogens (tertiary/aromatic N) is 1. The standard InChI is InChI=1S/C16H21BrN2O2/c1-10-7-12(17)8-13(15(10)21-2)16(20)18-14-9-19-5-3-11(14)4-6-19/h7-8,11,14H,3-6,9H2,1-2H3,(H,18,20). The summed E-state index contributed by atoms with van der Waals surface area (Å²) in [5.74, 6) is 1.25. The summed E-state index contributed by atoms with van der Waals surface area (Å²) < 4.78 is 6.31. The zero-order chi connectivity index (χ0) is 15.0. The minimum absolute atomic E-state index is 0.0324. The topological polar surface area (TPSA) is 41.6 Å². The number of benzene rings is 1. The van der Waals surface area contributed by atoms with Crippen molar-refractivity contribution < 1.29 is 9.53 Å². The molecule has 3 saturated heterocycles. The maximum atomic E-state index is 12.6. The largest absolute Gasteiger partial charge is 0.496 e. The molecule has 1 N–H and O–H groups in total. The Hall–Kier alpha value is -1.07. The van der Waals surface area contributed by atoms with Crippen molar-refractivity contribution in [2.75, 3.05) is 26.7 Å². The van der Waals surface area contributed by atoms with Crippen LogP contribution in [0.1, 0.15) is 28.8 Å². The lowest BCUT2D eigenvalue weighted by Gasteiger charge is -2.44. The molecule has 0 aliphatic carbocycles. The van der Waals surface area contributed by atoms with Gasteiger partial charge in [-0.3, -0.25) is 4.79 Å². The molecule has 0 spiro atoms. The minimum atomic E-state index is -0.0324. The molecule has 1 aromatic rings. The van der Waals surface area contributed by atoms with Gasteiger partial charge in [-0.25, -0.2) is 0 Å². The van der Waals surface area contributed by atoms with Crippen LogP contribution in [0.15, 0.2) is 16.6 Å². The molecule has 1 aromatic carbocycles. The van der Waals surface area contributed by atoms with Gasteiger partial charge in [-0.15, -0.1) is 0 Å². The zero-order valence-electron chi connectivity index (χ0n) is 12.5. The molecule has 114 valence electrons. The van der Waals surface area contributed by atoms with E-state index < -0.39 is 0 Å². The highest BCUT2D eigenvalue weighted by atomic mass is 79.9. The third kappa shape index (κ3) is 2.94. The summed E-state index contributed by atoms with van der Waals surface area (Å²) >= 11 is 3.46. The van der Waals surface area contributed by atoms with E-state index in [0.717, 1.165) is 16.6 Å². The van der Waals surface area contributed by atoms with E-state index in [0.29, 0.717) is 17.2 Å². The number of fused-ring (bicyclic) bond motifs is 3. The van der Waals surface area contributed by atoms with E-state index in [2.05, 4.69) is 26.1 Å². The number of nitrogens with one attached hydrogen (secondary N) is 1. The second-order valence-electron chi connectivity index (χ2n) is 6.02. The maximum absolute atomic E-state index is 12.6. The number of ether oxygens (including phenoxy) is 1. The first-order chi connectivity index (χ1) is 10.1. The van der Waals surface area contributed by atoms with Gasteiger partial charge in [0.05, 0.1) is 12.7 Å².